The van der Waals surface area contributed by atoms with Crippen LogP contribution >= 0.6 is 0 Å². The number of amides is 1. The van der Waals surface area contributed by atoms with Crippen molar-refractivity contribution in [3.05, 3.63) is 59.8 Å². The summed E-state index contributed by atoms with van der Waals surface area (Å²) in [5.74, 6) is 1.17. The summed E-state index contributed by atoms with van der Waals surface area (Å²) in [6.45, 7) is 4.70. The van der Waals surface area contributed by atoms with Gasteiger partial charge in [-0.05, 0) is 31.0 Å². The summed E-state index contributed by atoms with van der Waals surface area (Å²) in [7, 11) is 0. The number of benzene rings is 1. The summed E-state index contributed by atoms with van der Waals surface area (Å²) in [6, 6.07) is 13.9. The van der Waals surface area contributed by atoms with Crippen LogP contribution in [0, 0.1) is 0 Å². The van der Waals surface area contributed by atoms with Gasteiger partial charge in [0.2, 0.25) is 0 Å². The zero-order valence-corrected chi connectivity index (χ0v) is 14.4. The van der Waals surface area contributed by atoms with Crippen LogP contribution in [0.5, 0.6) is 0 Å². The van der Waals surface area contributed by atoms with Gasteiger partial charge in [-0.25, -0.2) is 4.98 Å². The number of likely N-dealkylation sites (tertiary alicyclic amines) is 1. The molecule has 0 spiro atoms. The second kappa shape index (κ2) is 7.23. The molecule has 1 aromatic heterocycles. The molecular weight excluding hydrogens is 312 g/mol. The number of anilines is 1. The predicted octanol–water partition coefficient (Wildman–Crippen LogP) is 2.47. The summed E-state index contributed by atoms with van der Waals surface area (Å²) < 4.78 is 0. The normalized spacial score (nSPS) is 20.7. The Morgan fingerprint density at radius 3 is 2.64 bits per heavy atom. The number of pyridine rings is 1. The summed E-state index contributed by atoms with van der Waals surface area (Å²) in [4.78, 5) is 22.0. The molecule has 1 unspecified atom stereocenters. The average molecular weight is 336 g/mol. The number of hydrogen-bond donors (Lipinski definition) is 1. The van der Waals surface area contributed by atoms with E-state index in [0.717, 1.165) is 56.9 Å². The highest BCUT2D eigenvalue weighted by atomic mass is 16.2. The third kappa shape index (κ3) is 3.24. The first-order chi connectivity index (χ1) is 12.3. The Hall–Kier alpha value is -2.40. The summed E-state index contributed by atoms with van der Waals surface area (Å²) in [5.41, 5.74) is 1.95. The van der Waals surface area contributed by atoms with E-state index in [2.05, 4.69) is 21.3 Å². The summed E-state index contributed by atoms with van der Waals surface area (Å²) in [5, 5.41) is 3.39. The van der Waals surface area contributed by atoms with Gasteiger partial charge in [-0.1, -0.05) is 24.3 Å². The van der Waals surface area contributed by atoms with Crippen molar-refractivity contribution in [3.8, 4) is 0 Å². The summed E-state index contributed by atoms with van der Waals surface area (Å²) >= 11 is 0. The molecule has 5 nitrogen and oxygen atoms in total. The van der Waals surface area contributed by atoms with E-state index < -0.39 is 0 Å². The van der Waals surface area contributed by atoms with Gasteiger partial charge in [-0.3, -0.25) is 4.79 Å². The molecule has 2 aromatic rings. The van der Waals surface area contributed by atoms with Crippen molar-refractivity contribution in [1.29, 1.82) is 0 Å². The minimum atomic E-state index is 0.117. The number of rotatable bonds is 3. The van der Waals surface area contributed by atoms with Gasteiger partial charge >= 0.3 is 0 Å². The van der Waals surface area contributed by atoms with Crippen molar-refractivity contribution in [2.75, 3.05) is 37.6 Å². The fourth-order valence-corrected chi connectivity index (χ4v) is 3.89. The Bertz CT molecular complexity index is 727. The number of carbonyl (C=O) groups is 1. The van der Waals surface area contributed by atoms with E-state index >= 15 is 0 Å². The molecule has 1 aromatic carbocycles. The molecule has 1 atom stereocenters. The number of hydrogen-bond acceptors (Lipinski definition) is 4. The zero-order chi connectivity index (χ0) is 17.1. The van der Waals surface area contributed by atoms with Crippen LogP contribution in [0.4, 0.5) is 5.82 Å². The Morgan fingerprint density at radius 2 is 1.84 bits per heavy atom. The molecular formula is C20H24N4O. The van der Waals surface area contributed by atoms with E-state index in [1.54, 1.807) is 0 Å². The fourth-order valence-electron chi connectivity index (χ4n) is 3.89. The van der Waals surface area contributed by atoms with Gasteiger partial charge < -0.3 is 15.1 Å². The first-order valence-corrected chi connectivity index (χ1v) is 9.11. The molecule has 3 heterocycles. The molecule has 1 amide bonds. The Labute approximate surface area is 148 Å². The first-order valence-electron chi connectivity index (χ1n) is 9.11. The highest BCUT2D eigenvalue weighted by Gasteiger charge is 2.33. The smallest absolute Gasteiger partial charge is 0.254 e. The molecule has 2 fully saturated rings. The van der Waals surface area contributed by atoms with E-state index in [9.17, 15) is 4.79 Å². The van der Waals surface area contributed by atoms with Crippen LogP contribution in [0.2, 0.25) is 0 Å². The van der Waals surface area contributed by atoms with E-state index in [-0.39, 0.29) is 11.9 Å². The third-order valence-corrected chi connectivity index (χ3v) is 5.13. The number of aromatic nitrogens is 1. The van der Waals surface area contributed by atoms with Crippen LogP contribution in [-0.4, -0.2) is 48.5 Å². The Balaban J connectivity index is 1.63. The van der Waals surface area contributed by atoms with Crippen LogP contribution < -0.4 is 10.2 Å². The van der Waals surface area contributed by atoms with Crippen LogP contribution in [0.3, 0.4) is 0 Å². The lowest BCUT2D eigenvalue weighted by atomic mass is 10.0. The second-order valence-corrected chi connectivity index (χ2v) is 6.68. The van der Waals surface area contributed by atoms with Crippen molar-refractivity contribution in [2.45, 2.75) is 18.9 Å². The average Bonchev–Trinajstić information content (AvgIpc) is 3.18. The van der Waals surface area contributed by atoms with Gasteiger partial charge in [0, 0.05) is 50.0 Å². The number of nitrogens with zero attached hydrogens (tertiary/aromatic N) is 3. The number of nitrogens with one attached hydrogen (secondary N) is 1. The molecule has 1 N–H and O–H groups in total. The fraction of sp³-hybridized carbons (Fsp3) is 0.400. The lowest BCUT2D eigenvalue weighted by Crippen LogP contribution is -2.44. The Morgan fingerprint density at radius 1 is 1.04 bits per heavy atom. The van der Waals surface area contributed by atoms with Crippen LogP contribution in [0.15, 0.2) is 48.7 Å². The van der Waals surface area contributed by atoms with Crippen LogP contribution in [0.1, 0.15) is 34.8 Å². The van der Waals surface area contributed by atoms with Gasteiger partial charge in [0.05, 0.1) is 6.04 Å². The second-order valence-electron chi connectivity index (χ2n) is 6.68. The Kier molecular flexibility index (Phi) is 4.65. The quantitative estimate of drug-likeness (QED) is 0.935. The zero-order valence-electron chi connectivity index (χ0n) is 14.4. The lowest BCUT2D eigenvalue weighted by molar-refractivity contribution is 0.0736. The molecule has 2 aliphatic rings. The van der Waals surface area contributed by atoms with Gasteiger partial charge in [0.15, 0.2) is 0 Å². The lowest BCUT2D eigenvalue weighted by Gasteiger charge is -2.33. The molecule has 2 saturated heterocycles. The number of piperazine rings is 1. The molecule has 5 heteroatoms. The SMILES string of the molecule is O=C(c1ccccc1)N1CCCC1c1cccnc1N1CCNCC1. The van der Waals surface area contributed by atoms with Crippen molar-refractivity contribution in [1.82, 2.24) is 15.2 Å². The van der Waals surface area contributed by atoms with Crippen molar-refractivity contribution in [2.24, 2.45) is 0 Å². The van der Waals surface area contributed by atoms with Gasteiger partial charge in [-0.2, -0.15) is 0 Å². The van der Waals surface area contributed by atoms with Crippen molar-refractivity contribution in [3.63, 3.8) is 0 Å². The van der Waals surface area contributed by atoms with Gasteiger partial charge in [-0.15, -0.1) is 0 Å². The summed E-state index contributed by atoms with van der Waals surface area (Å²) in [6.07, 6.45) is 3.90. The molecule has 4 rings (SSSR count). The van der Waals surface area contributed by atoms with Gasteiger partial charge in [0.25, 0.3) is 5.91 Å². The largest absolute Gasteiger partial charge is 0.354 e. The minimum absolute atomic E-state index is 0.117. The monoisotopic (exact) mass is 336 g/mol. The molecule has 0 bridgehead atoms. The topological polar surface area (TPSA) is 48.5 Å². The van der Waals surface area contributed by atoms with E-state index in [1.165, 1.54) is 5.56 Å². The van der Waals surface area contributed by atoms with Crippen molar-refractivity contribution >= 4 is 11.7 Å². The number of carbonyl (C=O) groups excluding carboxylic acids is 1. The van der Waals surface area contributed by atoms with Crippen molar-refractivity contribution < 1.29 is 4.79 Å². The molecule has 0 aliphatic carbocycles. The highest BCUT2D eigenvalue weighted by molar-refractivity contribution is 5.94. The van der Waals surface area contributed by atoms with E-state index in [0.29, 0.717) is 0 Å². The maximum Gasteiger partial charge on any atom is 0.254 e. The standard InChI is InChI=1S/C20H24N4O/c25-20(16-6-2-1-3-7-16)24-13-5-9-18(24)17-8-4-10-22-19(17)23-14-11-21-12-15-23/h1-4,6-8,10,18,21H,5,9,11-15H2. The molecule has 130 valence electrons. The van der Waals surface area contributed by atoms with E-state index in [1.807, 2.05) is 47.5 Å². The van der Waals surface area contributed by atoms with E-state index in [4.69, 9.17) is 0 Å². The maximum absolute atomic E-state index is 13.0. The van der Waals surface area contributed by atoms with Crippen LogP contribution in [0.25, 0.3) is 0 Å². The first kappa shape index (κ1) is 16.1. The molecule has 25 heavy (non-hydrogen) atoms. The third-order valence-electron chi connectivity index (χ3n) is 5.13. The molecule has 0 radical (unpaired) electrons. The van der Waals surface area contributed by atoms with Gasteiger partial charge in [0.1, 0.15) is 5.82 Å². The van der Waals surface area contributed by atoms with Crippen LogP contribution in [-0.2, 0) is 0 Å². The molecule has 2 aliphatic heterocycles. The predicted molar refractivity (Wildman–Crippen MR) is 98.8 cm³/mol. The highest BCUT2D eigenvalue weighted by Crippen LogP contribution is 2.37. The maximum atomic E-state index is 13.0. The minimum Gasteiger partial charge on any atom is -0.354 e. The molecule has 0 saturated carbocycles.